The smallest absolute Gasteiger partial charge is 0.165 e. The quantitative estimate of drug-likeness (QED) is 0.190. The second-order valence-electron chi connectivity index (χ2n) is 16.8. The van der Waals surface area contributed by atoms with Gasteiger partial charge in [-0.2, -0.15) is 0 Å². The van der Waals surface area contributed by atoms with Crippen LogP contribution in [-0.4, -0.2) is 110 Å². The van der Waals surface area contributed by atoms with Crippen molar-refractivity contribution >= 4 is 17.3 Å². The highest BCUT2D eigenvalue weighted by atomic mass is 16.5. The minimum Gasteiger partial charge on any atom is -0.492 e. The Kier molecular flexibility index (Phi) is 15.8. The minimum atomic E-state index is -0.227. The van der Waals surface area contributed by atoms with Crippen LogP contribution in [0.1, 0.15) is 129 Å². The maximum atomic E-state index is 14.1. The third-order valence-electron chi connectivity index (χ3n) is 12.5. The lowest BCUT2D eigenvalue weighted by molar-refractivity contribution is -0.119. The highest BCUT2D eigenvalue weighted by molar-refractivity contribution is 6.03. The SMILES string of the molecule is CC/C1=C(/C)CC/C(C(=O)C(C)CC)=C(/Nc2ccc(C3CCCCC(N4CCN(C)CC4)CC3)c(OCCN(C)C)c2)NC1=NC1CCC(O)CC1. The van der Waals surface area contributed by atoms with Gasteiger partial charge in [-0.1, -0.05) is 45.3 Å². The van der Waals surface area contributed by atoms with Crippen LogP contribution >= 0.6 is 0 Å². The van der Waals surface area contributed by atoms with E-state index in [0.717, 1.165) is 80.2 Å². The summed E-state index contributed by atoms with van der Waals surface area (Å²) in [5, 5.41) is 17.7. The van der Waals surface area contributed by atoms with Gasteiger partial charge < -0.3 is 30.3 Å². The van der Waals surface area contributed by atoms with Crippen LogP contribution in [0.4, 0.5) is 5.69 Å². The lowest BCUT2D eigenvalue weighted by atomic mass is 9.83. The molecule has 0 spiro atoms. The number of piperazine rings is 1. The number of ketones is 1. The van der Waals surface area contributed by atoms with Gasteiger partial charge >= 0.3 is 0 Å². The Balaban J connectivity index is 1.46. The van der Waals surface area contributed by atoms with Crippen molar-refractivity contribution in [2.45, 2.75) is 142 Å². The van der Waals surface area contributed by atoms with Crippen LogP contribution < -0.4 is 15.4 Å². The standard InChI is InChI=1S/C44H72N6O3/c1-8-31(3)42(52)40-22-14-32(4)38(9-2)43(45-34-16-20-37(51)21-17-34)47-44(40)46-35-18-23-39(41(30-35)53-29-28-48(5)6)33-12-10-11-13-36(19-15-33)50-26-24-49(7)25-27-50/h18,23,30-31,33-34,36-37,46,51H,8-17,19-22,24-29H2,1-7H3,(H,45,47)/b38-32+,44-40+. The molecular formula is C44H72N6O3. The predicted octanol–water partition coefficient (Wildman–Crippen LogP) is 7.73. The molecule has 2 aliphatic heterocycles. The fourth-order valence-corrected chi connectivity index (χ4v) is 8.72. The number of hydrogen-bond donors (Lipinski definition) is 3. The maximum Gasteiger partial charge on any atom is 0.165 e. The van der Waals surface area contributed by atoms with Gasteiger partial charge in [0.1, 0.15) is 24.0 Å². The Labute approximate surface area is 321 Å². The molecule has 9 nitrogen and oxygen atoms in total. The number of Topliss-reactive ketones (excluding diaryl/α,β-unsaturated/α-hetero) is 1. The lowest BCUT2D eigenvalue weighted by Gasteiger charge is -2.39. The second kappa shape index (κ2) is 20.3. The molecule has 53 heavy (non-hydrogen) atoms. The Bertz CT molecular complexity index is 1440. The van der Waals surface area contributed by atoms with E-state index in [2.05, 4.69) is 85.4 Å². The van der Waals surface area contributed by atoms with E-state index in [9.17, 15) is 9.90 Å². The summed E-state index contributed by atoms with van der Waals surface area (Å²) in [6.45, 7) is 14.7. The number of hydrogen-bond acceptors (Lipinski definition) is 8. The molecule has 2 heterocycles. The van der Waals surface area contributed by atoms with Gasteiger partial charge in [0.15, 0.2) is 5.78 Å². The van der Waals surface area contributed by atoms with Crippen LogP contribution in [0.5, 0.6) is 5.75 Å². The molecule has 0 amide bonds. The average Bonchev–Trinajstić information content (AvgIpc) is 3.12. The molecular weight excluding hydrogens is 661 g/mol. The molecule has 1 saturated heterocycles. The van der Waals surface area contributed by atoms with Crippen molar-refractivity contribution in [3.05, 3.63) is 46.3 Å². The number of carbonyl (C=O) groups is 1. The van der Waals surface area contributed by atoms with Crippen molar-refractivity contribution in [1.29, 1.82) is 0 Å². The summed E-state index contributed by atoms with van der Waals surface area (Å²) in [4.78, 5) is 26.8. The van der Waals surface area contributed by atoms with Crippen molar-refractivity contribution in [1.82, 2.24) is 20.0 Å². The molecule has 2 aliphatic carbocycles. The van der Waals surface area contributed by atoms with E-state index in [1.165, 1.54) is 81.4 Å². The molecule has 296 valence electrons. The molecule has 0 aromatic heterocycles. The van der Waals surface area contributed by atoms with Crippen molar-refractivity contribution in [2.75, 3.05) is 65.8 Å². The Morgan fingerprint density at radius 1 is 1.02 bits per heavy atom. The second-order valence-corrected chi connectivity index (χ2v) is 16.8. The van der Waals surface area contributed by atoms with E-state index in [0.29, 0.717) is 25.0 Å². The normalized spacial score (nSPS) is 29.9. The molecule has 0 radical (unpaired) electrons. The third-order valence-corrected chi connectivity index (χ3v) is 12.5. The first-order chi connectivity index (χ1) is 25.6. The summed E-state index contributed by atoms with van der Waals surface area (Å²) in [5.74, 6) is 3.16. The van der Waals surface area contributed by atoms with E-state index in [-0.39, 0.29) is 23.8 Å². The molecule has 3 N–H and O–H groups in total. The topological polar surface area (TPSA) is 92.7 Å². The number of nitrogens with zero attached hydrogens (tertiary/aromatic N) is 4. The number of aliphatic hydroxyl groups is 1. The van der Waals surface area contributed by atoms with Crippen LogP contribution in [0, 0.1) is 5.92 Å². The molecule has 5 rings (SSSR count). The Morgan fingerprint density at radius 3 is 2.45 bits per heavy atom. The summed E-state index contributed by atoms with van der Waals surface area (Å²) in [6, 6.07) is 7.50. The molecule has 1 aromatic carbocycles. The largest absolute Gasteiger partial charge is 0.492 e. The van der Waals surface area contributed by atoms with Gasteiger partial charge in [0, 0.05) is 62.0 Å². The van der Waals surface area contributed by atoms with E-state index in [1.807, 2.05) is 6.92 Å². The first kappa shape index (κ1) is 41.4. The number of anilines is 1. The highest BCUT2D eigenvalue weighted by Crippen LogP contribution is 2.39. The van der Waals surface area contributed by atoms with Crippen LogP contribution in [0.25, 0.3) is 0 Å². The summed E-state index contributed by atoms with van der Waals surface area (Å²) < 4.78 is 6.66. The van der Waals surface area contributed by atoms with Crippen LogP contribution in [0.2, 0.25) is 0 Å². The van der Waals surface area contributed by atoms with E-state index in [4.69, 9.17) is 9.73 Å². The zero-order valence-electron chi connectivity index (χ0n) is 34.3. The van der Waals surface area contributed by atoms with Gasteiger partial charge in [0.2, 0.25) is 0 Å². The molecule has 3 unspecified atom stereocenters. The van der Waals surface area contributed by atoms with Gasteiger partial charge in [0.05, 0.1) is 12.1 Å². The first-order valence-electron chi connectivity index (χ1n) is 21.2. The number of carbonyl (C=O) groups excluding carboxylic acids is 1. The fraction of sp³-hybridized carbons (Fsp3) is 0.727. The molecule has 3 fully saturated rings. The number of nitrogens with one attached hydrogen (secondary N) is 2. The van der Waals surface area contributed by atoms with Gasteiger partial charge in [-0.3, -0.25) is 14.7 Å². The number of benzene rings is 1. The number of allylic oxidation sites excluding steroid dienone is 2. The Morgan fingerprint density at radius 2 is 1.75 bits per heavy atom. The molecule has 4 aliphatic rings. The fourth-order valence-electron chi connectivity index (χ4n) is 8.72. The van der Waals surface area contributed by atoms with Gasteiger partial charge in [-0.15, -0.1) is 0 Å². The summed E-state index contributed by atoms with van der Waals surface area (Å²) in [5.41, 5.74) is 5.57. The maximum absolute atomic E-state index is 14.1. The molecule has 3 atom stereocenters. The van der Waals surface area contributed by atoms with E-state index in [1.54, 1.807) is 0 Å². The number of ether oxygens (including phenoxy) is 1. The summed E-state index contributed by atoms with van der Waals surface area (Å²) in [6.07, 6.45) is 13.7. The number of likely N-dealkylation sites (N-methyl/N-ethyl adjacent to an activating group) is 2. The summed E-state index contributed by atoms with van der Waals surface area (Å²) in [7, 11) is 6.42. The lowest BCUT2D eigenvalue weighted by Crippen LogP contribution is -2.49. The number of amidine groups is 1. The third kappa shape index (κ3) is 11.6. The van der Waals surface area contributed by atoms with Crippen molar-refractivity contribution in [3.63, 3.8) is 0 Å². The average molecular weight is 733 g/mol. The first-order valence-corrected chi connectivity index (χ1v) is 21.2. The zero-order chi connectivity index (χ0) is 37.9. The van der Waals surface area contributed by atoms with E-state index < -0.39 is 0 Å². The van der Waals surface area contributed by atoms with Gasteiger partial charge in [0.25, 0.3) is 0 Å². The highest BCUT2D eigenvalue weighted by Gasteiger charge is 2.29. The van der Waals surface area contributed by atoms with E-state index >= 15 is 0 Å². The van der Waals surface area contributed by atoms with Gasteiger partial charge in [-0.25, -0.2) is 0 Å². The molecule has 0 bridgehead atoms. The number of aliphatic hydroxyl groups excluding tert-OH is 1. The van der Waals surface area contributed by atoms with Crippen LogP contribution in [0.15, 0.2) is 45.7 Å². The molecule has 1 aromatic rings. The van der Waals surface area contributed by atoms with Crippen molar-refractivity contribution in [2.24, 2.45) is 10.9 Å². The minimum absolute atomic E-state index is 0.0699. The van der Waals surface area contributed by atoms with Crippen molar-refractivity contribution in [3.8, 4) is 5.75 Å². The number of rotatable bonds is 13. The van der Waals surface area contributed by atoms with Crippen LogP contribution in [-0.2, 0) is 4.79 Å². The molecule has 2 saturated carbocycles. The summed E-state index contributed by atoms with van der Waals surface area (Å²) >= 11 is 0. The van der Waals surface area contributed by atoms with Crippen LogP contribution in [0.3, 0.4) is 0 Å². The van der Waals surface area contributed by atoms with Gasteiger partial charge in [-0.05, 0) is 128 Å². The number of aliphatic imine (C=N–C) groups is 1. The zero-order valence-corrected chi connectivity index (χ0v) is 34.3. The molecule has 9 heteroatoms. The predicted molar refractivity (Wildman–Crippen MR) is 220 cm³/mol. The monoisotopic (exact) mass is 733 g/mol. The van der Waals surface area contributed by atoms with Crippen molar-refractivity contribution < 1.29 is 14.6 Å². The Hall–Kier alpha value is -2.72.